The van der Waals surface area contributed by atoms with E-state index in [4.69, 9.17) is 0 Å². The lowest BCUT2D eigenvalue weighted by Gasteiger charge is -2.23. The first-order valence-electron chi connectivity index (χ1n) is 12.3. The largest absolute Gasteiger partial charge is 0.358 e. The van der Waals surface area contributed by atoms with Crippen molar-refractivity contribution in [1.82, 2.24) is 15.2 Å². The first kappa shape index (κ1) is 24.9. The summed E-state index contributed by atoms with van der Waals surface area (Å²) in [6.45, 7) is 9.52. The van der Waals surface area contributed by atoms with Crippen LogP contribution in [0.1, 0.15) is 72.4 Å². The number of nitrogens with zero attached hydrogens (tertiary/aromatic N) is 1. The topological polar surface area (TPSA) is 94.3 Å². The van der Waals surface area contributed by atoms with Gasteiger partial charge in [-0.25, -0.2) is 4.39 Å². The highest BCUT2D eigenvalue weighted by Crippen LogP contribution is 2.34. The van der Waals surface area contributed by atoms with Crippen molar-refractivity contribution in [3.8, 4) is 0 Å². The second kappa shape index (κ2) is 10.2. The summed E-state index contributed by atoms with van der Waals surface area (Å²) in [5, 5.41) is 5.57. The van der Waals surface area contributed by atoms with Gasteiger partial charge in [0.15, 0.2) is 5.78 Å². The minimum absolute atomic E-state index is 0.0238. The van der Waals surface area contributed by atoms with Gasteiger partial charge in [-0.05, 0) is 83.0 Å². The van der Waals surface area contributed by atoms with E-state index in [1.54, 1.807) is 26.8 Å². The van der Waals surface area contributed by atoms with Crippen molar-refractivity contribution in [3.63, 3.8) is 0 Å². The molecule has 3 N–H and O–H groups in total. The van der Waals surface area contributed by atoms with Crippen LogP contribution in [0.15, 0.2) is 18.2 Å². The molecule has 0 radical (unpaired) electrons. The number of ketones is 1. The molecular formula is C27H33FN4O3. The lowest BCUT2D eigenvalue weighted by atomic mass is 10.0. The van der Waals surface area contributed by atoms with Crippen LogP contribution < -0.4 is 10.6 Å². The van der Waals surface area contributed by atoms with Gasteiger partial charge in [-0.15, -0.1) is 0 Å². The molecule has 0 spiro atoms. The van der Waals surface area contributed by atoms with E-state index in [1.807, 2.05) is 0 Å². The number of aryl methyl sites for hydroxylation is 1. The normalized spacial score (nSPS) is 19.6. The van der Waals surface area contributed by atoms with Crippen LogP contribution in [0.3, 0.4) is 0 Å². The van der Waals surface area contributed by atoms with Crippen molar-refractivity contribution in [2.75, 3.05) is 18.4 Å². The summed E-state index contributed by atoms with van der Waals surface area (Å²) < 4.78 is 13.8. The van der Waals surface area contributed by atoms with E-state index < -0.39 is 11.9 Å². The van der Waals surface area contributed by atoms with Crippen LogP contribution in [0.4, 0.5) is 10.1 Å². The first-order chi connectivity index (χ1) is 16.7. The molecular weight excluding hydrogens is 447 g/mol. The van der Waals surface area contributed by atoms with Crippen LogP contribution >= 0.6 is 0 Å². The molecule has 1 fully saturated rings. The van der Waals surface area contributed by atoms with Gasteiger partial charge in [0.25, 0.3) is 11.8 Å². The quantitative estimate of drug-likeness (QED) is 0.493. The van der Waals surface area contributed by atoms with E-state index in [0.29, 0.717) is 51.8 Å². The molecule has 35 heavy (non-hydrogen) atoms. The predicted molar refractivity (Wildman–Crippen MR) is 135 cm³/mol. The van der Waals surface area contributed by atoms with Gasteiger partial charge in [0.05, 0.1) is 17.2 Å². The standard InChI is InChI=1S/C27H33FN4O3/c1-5-32-12-6-7-19(32)9-11-24(33)16(3)30-27(35)25-15(2)23(29-17(25)4)14-21-20-13-18(28)8-10-22(20)31-26(21)34/h8,10,13-14,16,19,29H,5-7,9,11-12H2,1-4H3,(H,30,35)(H,31,34)/b21-14-. The zero-order valence-corrected chi connectivity index (χ0v) is 20.8. The van der Waals surface area contributed by atoms with Crippen molar-refractivity contribution < 1.29 is 18.8 Å². The number of rotatable bonds is 8. The molecule has 0 bridgehead atoms. The molecule has 2 unspecified atom stereocenters. The van der Waals surface area contributed by atoms with Gasteiger partial charge in [0, 0.05) is 35.1 Å². The molecule has 2 amide bonds. The zero-order valence-electron chi connectivity index (χ0n) is 20.8. The number of H-pyrrole nitrogens is 1. The SMILES string of the molecule is CCN1CCCC1CCC(=O)C(C)NC(=O)c1c(C)[nH]c(/C=C2\C(=O)Nc3ccc(F)cc32)c1C. The molecule has 3 heterocycles. The molecule has 1 aromatic heterocycles. The van der Waals surface area contributed by atoms with E-state index in [0.717, 1.165) is 25.9 Å². The van der Waals surface area contributed by atoms with Crippen molar-refractivity contribution in [2.24, 2.45) is 0 Å². The number of benzene rings is 1. The molecule has 1 saturated heterocycles. The molecule has 2 aliphatic heterocycles. The van der Waals surface area contributed by atoms with Crippen LogP contribution in [0.2, 0.25) is 0 Å². The van der Waals surface area contributed by atoms with Gasteiger partial charge in [-0.2, -0.15) is 0 Å². The highest BCUT2D eigenvalue weighted by molar-refractivity contribution is 6.34. The van der Waals surface area contributed by atoms with Gasteiger partial charge >= 0.3 is 0 Å². The minimum Gasteiger partial charge on any atom is -0.358 e. The second-order valence-electron chi connectivity index (χ2n) is 9.49. The number of hydrogen-bond donors (Lipinski definition) is 3. The molecule has 2 aromatic rings. The number of aromatic amines is 1. The zero-order chi connectivity index (χ0) is 25.3. The number of fused-ring (bicyclic) bond motifs is 1. The molecule has 0 saturated carbocycles. The maximum atomic E-state index is 13.8. The lowest BCUT2D eigenvalue weighted by molar-refractivity contribution is -0.120. The summed E-state index contributed by atoms with van der Waals surface area (Å²) in [7, 11) is 0. The number of likely N-dealkylation sites (tertiary alicyclic amines) is 1. The van der Waals surface area contributed by atoms with E-state index in [9.17, 15) is 18.8 Å². The Kier molecular flexibility index (Phi) is 7.21. The van der Waals surface area contributed by atoms with Crippen molar-refractivity contribution >= 4 is 34.9 Å². The van der Waals surface area contributed by atoms with Crippen LogP contribution in [0, 0.1) is 19.7 Å². The number of Topliss-reactive ketones (excluding diaryl/α,β-unsaturated/α-hetero) is 1. The molecule has 4 rings (SSSR count). The number of aromatic nitrogens is 1. The highest BCUT2D eigenvalue weighted by atomic mass is 19.1. The fourth-order valence-electron chi connectivity index (χ4n) is 5.22. The third-order valence-corrected chi connectivity index (χ3v) is 7.22. The molecule has 2 aliphatic rings. The van der Waals surface area contributed by atoms with Gasteiger partial charge in [0.1, 0.15) is 5.82 Å². The minimum atomic E-state index is -0.593. The lowest BCUT2D eigenvalue weighted by Crippen LogP contribution is -2.39. The Balaban J connectivity index is 1.46. The van der Waals surface area contributed by atoms with Crippen molar-refractivity contribution in [1.29, 1.82) is 0 Å². The molecule has 8 heteroatoms. The maximum Gasteiger partial charge on any atom is 0.256 e. The van der Waals surface area contributed by atoms with Crippen molar-refractivity contribution in [2.45, 2.75) is 65.5 Å². The molecule has 186 valence electrons. The predicted octanol–water partition coefficient (Wildman–Crippen LogP) is 4.22. The van der Waals surface area contributed by atoms with Gasteiger partial charge in [-0.1, -0.05) is 6.92 Å². The second-order valence-corrected chi connectivity index (χ2v) is 9.49. The average Bonchev–Trinajstić information content (AvgIpc) is 3.48. The van der Waals surface area contributed by atoms with Gasteiger partial charge in [-0.3, -0.25) is 14.4 Å². The maximum absolute atomic E-state index is 13.8. The number of amides is 2. The third-order valence-electron chi connectivity index (χ3n) is 7.22. The number of anilines is 1. The Hall–Kier alpha value is -3.26. The van der Waals surface area contributed by atoms with Crippen molar-refractivity contribution in [3.05, 3.63) is 52.1 Å². The summed E-state index contributed by atoms with van der Waals surface area (Å²) >= 11 is 0. The fourth-order valence-corrected chi connectivity index (χ4v) is 5.22. The molecule has 2 atom stereocenters. The summed E-state index contributed by atoms with van der Waals surface area (Å²) in [6.07, 6.45) is 5.19. The monoisotopic (exact) mass is 480 g/mol. The van der Waals surface area contributed by atoms with Crippen LogP contribution in [-0.4, -0.2) is 52.7 Å². The summed E-state index contributed by atoms with van der Waals surface area (Å²) in [5.74, 6) is -1.07. The number of hydrogen-bond acceptors (Lipinski definition) is 4. The van der Waals surface area contributed by atoms with E-state index in [1.165, 1.54) is 24.6 Å². The summed E-state index contributed by atoms with van der Waals surface area (Å²) in [5.41, 5.74) is 3.69. The Morgan fingerprint density at radius 2 is 2.09 bits per heavy atom. The Labute approximate surface area is 205 Å². The number of halogens is 1. The molecule has 7 nitrogen and oxygen atoms in total. The van der Waals surface area contributed by atoms with E-state index in [2.05, 4.69) is 27.4 Å². The van der Waals surface area contributed by atoms with Gasteiger partial charge < -0.3 is 20.5 Å². The first-order valence-corrected chi connectivity index (χ1v) is 12.3. The number of nitrogens with one attached hydrogen (secondary N) is 3. The molecule has 0 aliphatic carbocycles. The highest BCUT2D eigenvalue weighted by Gasteiger charge is 2.28. The van der Waals surface area contributed by atoms with E-state index >= 15 is 0 Å². The summed E-state index contributed by atoms with van der Waals surface area (Å²) in [6, 6.07) is 3.99. The molecule has 1 aromatic carbocycles. The average molecular weight is 481 g/mol. The summed E-state index contributed by atoms with van der Waals surface area (Å²) in [4.78, 5) is 43.8. The fraction of sp³-hybridized carbons (Fsp3) is 0.444. The Morgan fingerprint density at radius 3 is 2.83 bits per heavy atom. The van der Waals surface area contributed by atoms with Gasteiger partial charge in [0.2, 0.25) is 0 Å². The number of carbonyl (C=O) groups excluding carboxylic acids is 3. The Morgan fingerprint density at radius 1 is 1.31 bits per heavy atom. The number of carbonyl (C=O) groups is 3. The van der Waals surface area contributed by atoms with Crippen LogP contribution in [0.5, 0.6) is 0 Å². The smallest absolute Gasteiger partial charge is 0.256 e. The van der Waals surface area contributed by atoms with Crippen LogP contribution in [-0.2, 0) is 9.59 Å². The van der Waals surface area contributed by atoms with Crippen LogP contribution in [0.25, 0.3) is 11.6 Å². The third kappa shape index (κ3) is 5.07. The van der Waals surface area contributed by atoms with E-state index in [-0.39, 0.29) is 17.6 Å². The Bertz CT molecular complexity index is 1200.